The maximum absolute atomic E-state index is 10.7. The van der Waals surface area contributed by atoms with E-state index in [1.165, 1.54) is 6.07 Å². The molecular weight excluding hydrogens is 211 g/mol. The van der Waals surface area contributed by atoms with Gasteiger partial charge in [0.05, 0.1) is 0 Å². The third-order valence-electron chi connectivity index (χ3n) is 1.60. The van der Waals surface area contributed by atoms with Crippen LogP contribution in [0.3, 0.4) is 0 Å². The molecule has 13 heavy (non-hydrogen) atoms. The van der Waals surface area contributed by atoms with Gasteiger partial charge in [0.2, 0.25) is 5.91 Å². The fourth-order valence-corrected chi connectivity index (χ4v) is 1.43. The highest BCUT2D eigenvalue weighted by Gasteiger charge is 2.15. The van der Waals surface area contributed by atoms with Gasteiger partial charge in [0.1, 0.15) is 6.04 Å². The number of carbonyl (C=O) groups excluding carboxylic acids is 1. The van der Waals surface area contributed by atoms with Gasteiger partial charge in [0.15, 0.2) is 0 Å². The lowest BCUT2D eigenvalue weighted by Gasteiger charge is -2.09. The molecule has 1 aromatic carbocycles. The number of hydrogen-bond acceptors (Lipinski definition) is 2. The van der Waals surface area contributed by atoms with E-state index in [0.29, 0.717) is 15.6 Å². The monoisotopic (exact) mass is 218 g/mol. The Morgan fingerprint density at radius 1 is 1.38 bits per heavy atom. The van der Waals surface area contributed by atoms with Crippen molar-refractivity contribution in [3.8, 4) is 0 Å². The topological polar surface area (TPSA) is 69.1 Å². The van der Waals surface area contributed by atoms with E-state index in [2.05, 4.69) is 0 Å². The third-order valence-corrected chi connectivity index (χ3v) is 2.17. The van der Waals surface area contributed by atoms with Crippen LogP contribution in [0.15, 0.2) is 18.2 Å². The van der Waals surface area contributed by atoms with Crippen LogP contribution >= 0.6 is 23.2 Å². The summed E-state index contributed by atoms with van der Waals surface area (Å²) in [5.41, 5.74) is 11.0. The quantitative estimate of drug-likeness (QED) is 0.790. The van der Waals surface area contributed by atoms with Crippen LogP contribution in [-0.4, -0.2) is 5.91 Å². The van der Waals surface area contributed by atoms with E-state index in [0.717, 1.165) is 0 Å². The van der Waals surface area contributed by atoms with Crippen LogP contribution in [0, 0.1) is 0 Å². The fourth-order valence-electron chi connectivity index (χ4n) is 0.907. The van der Waals surface area contributed by atoms with Crippen LogP contribution in [0.4, 0.5) is 0 Å². The molecule has 1 atom stereocenters. The summed E-state index contributed by atoms with van der Waals surface area (Å²) in [7, 11) is 0. The summed E-state index contributed by atoms with van der Waals surface area (Å²) in [4.78, 5) is 10.7. The molecule has 5 heteroatoms. The standard InChI is InChI=1S/C8H8Cl2N2O/c9-4-1-2-5(6(10)3-4)7(11)8(12)13/h1-3,7H,11H2,(H2,12,13)/t7-/m0/s1. The van der Waals surface area contributed by atoms with Crippen molar-refractivity contribution in [1.29, 1.82) is 0 Å². The molecule has 0 spiro atoms. The van der Waals surface area contributed by atoms with Crippen LogP contribution < -0.4 is 11.5 Å². The van der Waals surface area contributed by atoms with E-state index in [1.807, 2.05) is 0 Å². The number of rotatable bonds is 2. The van der Waals surface area contributed by atoms with Crippen molar-refractivity contribution in [3.05, 3.63) is 33.8 Å². The third kappa shape index (κ3) is 2.34. The van der Waals surface area contributed by atoms with Gasteiger partial charge in [-0.2, -0.15) is 0 Å². The first kappa shape index (κ1) is 10.3. The molecule has 0 bridgehead atoms. The highest BCUT2D eigenvalue weighted by Crippen LogP contribution is 2.24. The molecule has 0 aliphatic carbocycles. The largest absolute Gasteiger partial charge is 0.368 e. The molecule has 0 aliphatic heterocycles. The Bertz CT molecular complexity index is 341. The fraction of sp³-hybridized carbons (Fsp3) is 0.125. The van der Waals surface area contributed by atoms with Crippen molar-refractivity contribution in [2.45, 2.75) is 6.04 Å². The minimum atomic E-state index is -0.884. The second-order valence-electron chi connectivity index (χ2n) is 2.55. The van der Waals surface area contributed by atoms with Crippen LogP contribution in [0.1, 0.15) is 11.6 Å². The molecule has 4 N–H and O–H groups in total. The molecule has 1 rings (SSSR count). The Hall–Kier alpha value is -0.770. The summed E-state index contributed by atoms with van der Waals surface area (Å²) >= 11 is 11.5. The molecule has 0 saturated carbocycles. The Balaban J connectivity index is 3.08. The number of halogens is 2. The molecule has 70 valence electrons. The molecule has 0 unspecified atom stereocenters. The van der Waals surface area contributed by atoms with Crippen LogP contribution in [0.5, 0.6) is 0 Å². The second-order valence-corrected chi connectivity index (χ2v) is 3.39. The van der Waals surface area contributed by atoms with Gasteiger partial charge in [-0.15, -0.1) is 0 Å². The van der Waals surface area contributed by atoms with Crippen LogP contribution in [0.2, 0.25) is 10.0 Å². The Labute approximate surface area is 85.6 Å². The molecule has 1 aromatic rings. The van der Waals surface area contributed by atoms with Gasteiger partial charge in [0.25, 0.3) is 0 Å². The SMILES string of the molecule is NC(=O)[C@@H](N)c1ccc(Cl)cc1Cl. The number of primary amides is 1. The van der Waals surface area contributed by atoms with Gasteiger partial charge in [-0.05, 0) is 17.7 Å². The molecule has 3 nitrogen and oxygen atoms in total. The summed E-state index contributed by atoms with van der Waals surface area (Å²) in [5.74, 6) is -0.621. The summed E-state index contributed by atoms with van der Waals surface area (Å²) in [6.07, 6.45) is 0. The first-order valence-corrected chi connectivity index (χ1v) is 4.28. The van der Waals surface area contributed by atoms with Gasteiger partial charge in [-0.1, -0.05) is 29.3 Å². The molecule has 0 radical (unpaired) electrons. The Kier molecular flexibility index (Phi) is 3.14. The number of amides is 1. The Morgan fingerprint density at radius 2 is 2.00 bits per heavy atom. The number of nitrogens with two attached hydrogens (primary N) is 2. The van der Waals surface area contributed by atoms with Gasteiger partial charge < -0.3 is 11.5 Å². The minimum Gasteiger partial charge on any atom is -0.368 e. The Morgan fingerprint density at radius 3 is 2.46 bits per heavy atom. The maximum Gasteiger partial charge on any atom is 0.238 e. The second kappa shape index (κ2) is 3.96. The zero-order valence-corrected chi connectivity index (χ0v) is 8.14. The molecule has 0 fully saturated rings. The first-order chi connectivity index (χ1) is 6.02. The van der Waals surface area contributed by atoms with Crippen molar-refractivity contribution in [3.63, 3.8) is 0 Å². The normalized spacial score (nSPS) is 12.5. The van der Waals surface area contributed by atoms with Gasteiger partial charge in [-0.25, -0.2) is 0 Å². The van der Waals surface area contributed by atoms with Gasteiger partial charge in [-0.3, -0.25) is 4.79 Å². The summed E-state index contributed by atoms with van der Waals surface area (Å²) in [5, 5.41) is 0.837. The molecule has 0 aromatic heterocycles. The highest BCUT2D eigenvalue weighted by molar-refractivity contribution is 6.35. The van der Waals surface area contributed by atoms with E-state index in [-0.39, 0.29) is 0 Å². The molecule has 0 aliphatic rings. The number of hydrogen-bond donors (Lipinski definition) is 2. The van der Waals surface area contributed by atoms with E-state index in [1.54, 1.807) is 12.1 Å². The van der Waals surface area contributed by atoms with Gasteiger partial charge in [0, 0.05) is 10.0 Å². The predicted molar refractivity (Wildman–Crippen MR) is 52.6 cm³/mol. The lowest BCUT2D eigenvalue weighted by atomic mass is 10.1. The molecule has 1 amide bonds. The zero-order chi connectivity index (χ0) is 10.0. The van der Waals surface area contributed by atoms with E-state index >= 15 is 0 Å². The van der Waals surface area contributed by atoms with Crippen molar-refractivity contribution in [2.24, 2.45) is 11.5 Å². The summed E-state index contributed by atoms with van der Waals surface area (Å²) in [6.45, 7) is 0. The van der Waals surface area contributed by atoms with Crippen molar-refractivity contribution in [2.75, 3.05) is 0 Å². The molecule has 0 saturated heterocycles. The van der Waals surface area contributed by atoms with Crippen molar-refractivity contribution < 1.29 is 4.79 Å². The van der Waals surface area contributed by atoms with E-state index < -0.39 is 11.9 Å². The minimum absolute atomic E-state index is 0.346. The van der Waals surface area contributed by atoms with Crippen molar-refractivity contribution in [1.82, 2.24) is 0 Å². The van der Waals surface area contributed by atoms with Crippen molar-refractivity contribution >= 4 is 29.1 Å². The van der Waals surface area contributed by atoms with E-state index in [4.69, 9.17) is 34.7 Å². The average Bonchev–Trinajstić information content (AvgIpc) is 2.03. The lowest BCUT2D eigenvalue weighted by Crippen LogP contribution is -2.28. The van der Waals surface area contributed by atoms with Crippen LogP contribution in [-0.2, 0) is 4.79 Å². The smallest absolute Gasteiger partial charge is 0.238 e. The molecule has 0 heterocycles. The summed E-state index contributed by atoms with van der Waals surface area (Å²) in [6, 6.07) is 3.82. The van der Waals surface area contributed by atoms with E-state index in [9.17, 15) is 4.79 Å². The zero-order valence-electron chi connectivity index (χ0n) is 6.63. The maximum atomic E-state index is 10.7. The van der Waals surface area contributed by atoms with Crippen LogP contribution in [0.25, 0.3) is 0 Å². The average molecular weight is 219 g/mol. The molecular formula is C8H8Cl2N2O. The van der Waals surface area contributed by atoms with Gasteiger partial charge >= 0.3 is 0 Å². The summed E-state index contributed by atoms with van der Waals surface area (Å²) < 4.78 is 0. The highest BCUT2D eigenvalue weighted by atomic mass is 35.5. The predicted octanol–water partition coefficient (Wildman–Crippen LogP) is 1.48. The lowest BCUT2D eigenvalue weighted by molar-refractivity contribution is -0.119. The number of benzene rings is 1. The first-order valence-electron chi connectivity index (χ1n) is 3.52. The number of carbonyl (C=O) groups is 1.